The Balaban J connectivity index is 1.87. The Labute approximate surface area is 116 Å². The van der Waals surface area contributed by atoms with Crippen LogP contribution in [0.4, 0.5) is 4.39 Å². The SMILES string of the molecule is C[C@H]1CN(C(=O)COc2ccc(F)c(Cl)c2)CCN1. The minimum absolute atomic E-state index is 0.0132. The lowest BCUT2D eigenvalue weighted by Gasteiger charge is -2.31. The van der Waals surface area contributed by atoms with Crippen LogP contribution in [-0.2, 0) is 4.79 Å². The second-order valence-corrected chi connectivity index (χ2v) is 4.97. The molecule has 0 radical (unpaired) electrons. The van der Waals surface area contributed by atoms with E-state index in [0.29, 0.717) is 18.8 Å². The van der Waals surface area contributed by atoms with E-state index in [0.717, 1.165) is 6.54 Å². The Morgan fingerprint density at radius 1 is 1.63 bits per heavy atom. The maximum atomic E-state index is 13.0. The van der Waals surface area contributed by atoms with Crippen molar-refractivity contribution in [2.24, 2.45) is 0 Å². The summed E-state index contributed by atoms with van der Waals surface area (Å²) in [6.45, 7) is 4.10. The van der Waals surface area contributed by atoms with E-state index in [1.54, 1.807) is 4.90 Å². The average Bonchev–Trinajstić information content (AvgIpc) is 2.40. The first-order chi connectivity index (χ1) is 9.06. The number of carbonyl (C=O) groups is 1. The molecule has 1 aromatic rings. The van der Waals surface area contributed by atoms with Crippen LogP contribution in [0.5, 0.6) is 5.75 Å². The summed E-state index contributed by atoms with van der Waals surface area (Å²) in [6.07, 6.45) is 0. The molecular formula is C13H16ClFN2O2. The van der Waals surface area contributed by atoms with Gasteiger partial charge in [-0.1, -0.05) is 11.6 Å². The number of halogens is 2. The number of carbonyl (C=O) groups excluding carboxylic acids is 1. The summed E-state index contributed by atoms with van der Waals surface area (Å²) >= 11 is 5.64. The fourth-order valence-corrected chi connectivity index (χ4v) is 2.13. The molecule has 1 atom stereocenters. The highest BCUT2D eigenvalue weighted by Crippen LogP contribution is 2.21. The Hall–Kier alpha value is -1.33. The van der Waals surface area contributed by atoms with Crippen molar-refractivity contribution in [3.63, 3.8) is 0 Å². The van der Waals surface area contributed by atoms with Gasteiger partial charge in [-0.15, -0.1) is 0 Å². The molecule has 19 heavy (non-hydrogen) atoms. The van der Waals surface area contributed by atoms with Gasteiger partial charge in [-0.2, -0.15) is 0 Å². The van der Waals surface area contributed by atoms with E-state index in [-0.39, 0.29) is 23.6 Å². The normalized spacial score (nSPS) is 19.3. The van der Waals surface area contributed by atoms with Gasteiger partial charge in [0.2, 0.25) is 0 Å². The molecule has 0 unspecified atom stereocenters. The van der Waals surface area contributed by atoms with Gasteiger partial charge in [-0.25, -0.2) is 4.39 Å². The third kappa shape index (κ3) is 3.81. The first-order valence-electron chi connectivity index (χ1n) is 6.15. The number of hydrogen-bond donors (Lipinski definition) is 1. The Kier molecular flexibility index (Phi) is 4.61. The zero-order valence-electron chi connectivity index (χ0n) is 10.7. The fourth-order valence-electron chi connectivity index (χ4n) is 1.96. The highest BCUT2D eigenvalue weighted by atomic mass is 35.5. The molecule has 1 N–H and O–H groups in total. The molecule has 104 valence electrons. The third-order valence-electron chi connectivity index (χ3n) is 2.97. The van der Waals surface area contributed by atoms with Crippen LogP contribution in [0.3, 0.4) is 0 Å². The first-order valence-corrected chi connectivity index (χ1v) is 6.53. The highest BCUT2D eigenvalue weighted by Gasteiger charge is 2.20. The summed E-state index contributed by atoms with van der Waals surface area (Å²) in [5.41, 5.74) is 0. The smallest absolute Gasteiger partial charge is 0.260 e. The second kappa shape index (κ2) is 6.21. The van der Waals surface area contributed by atoms with Gasteiger partial charge in [0.1, 0.15) is 11.6 Å². The predicted octanol–water partition coefficient (Wildman–Crippen LogP) is 1.68. The quantitative estimate of drug-likeness (QED) is 0.919. The van der Waals surface area contributed by atoms with Crippen molar-refractivity contribution < 1.29 is 13.9 Å². The van der Waals surface area contributed by atoms with Crippen LogP contribution in [0.2, 0.25) is 5.02 Å². The molecule has 0 aliphatic carbocycles. The van der Waals surface area contributed by atoms with Crippen molar-refractivity contribution in [1.29, 1.82) is 0 Å². The van der Waals surface area contributed by atoms with Crippen LogP contribution in [0, 0.1) is 5.82 Å². The largest absolute Gasteiger partial charge is 0.484 e. The number of benzene rings is 1. The number of hydrogen-bond acceptors (Lipinski definition) is 3. The predicted molar refractivity (Wildman–Crippen MR) is 70.9 cm³/mol. The van der Waals surface area contributed by atoms with Gasteiger partial charge in [-0.3, -0.25) is 4.79 Å². The van der Waals surface area contributed by atoms with Gasteiger partial charge in [-0.05, 0) is 19.1 Å². The van der Waals surface area contributed by atoms with Crippen LogP contribution >= 0.6 is 11.6 Å². The van der Waals surface area contributed by atoms with Crippen molar-refractivity contribution in [3.05, 3.63) is 29.0 Å². The number of rotatable bonds is 3. The summed E-state index contributed by atoms with van der Waals surface area (Å²) in [5, 5.41) is 3.25. The molecule has 1 fully saturated rings. The van der Waals surface area contributed by atoms with E-state index in [1.165, 1.54) is 18.2 Å². The summed E-state index contributed by atoms with van der Waals surface area (Å²) in [4.78, 5) is 13.7. The maximum Gasteiger partial charge on any atom is 0.260 e. The van der Waals surface area contributed by atoms with E-state index in [4.69, 9.17) is 16.3 Å². The summed E-state index contributed by atoms with van der Waals surface area (Å²) in [6, 6.07) is 4.33. The monoisotopic (exact) mass is 286 g/mol. The van der Waals surface area contributed by atoms with Crippen LogP contribution in [0.25, 0.3) is 0 Å². The van der Waals surface area contributed by atoms with E-state index < -0.39 is 5.82 Å². The van der Waals surface area contributed by atoms with Crippen LogP contribution in [0.15, 0.2) is 18.2 Å². The minimum atomic E-state index is -0.503. The molecular weight excluding hydrogens is 271 g/mol. The summed E-state index contributed by atoms with van der Waals surface area (Å²) in [5.74, 6) is -0.187. The standard InChI is InChI=1S/C13H16ClFN2O2/c1-9-7-17(5-4-16-9)13(18)8-19-10-2-3-12(15)11(14)6-10/h2-3,6,9,16H,4-5,7-8H2,1H3/t9-/m0/s1. The van der Waals surface area contributed by atoms with Gasteiger partial charge >= 0.3 is 0 Å². The molecule has 0 bridgehead atoms. The number of nitrogens with zero attached hydrogens (tertiary/aromatic N) is 1. The lowest BCUT2D eigenvalue weighted by atomic mass is 10.2. The number of amides is 1. The number of piperazine rings is 1. The first kappa shape index (κ1) is 14.1. The van der Waals surface area contributed by atoms with Gasteiger partial charge in [0.15, 0.2) is 6.61 Å². The molecule has 1 heterocycles. The molecule has 1 saturated heterocycles. The molecule has 1 aromatic carbocycles. The van der Waals surface area contributed by atoms with Crippen LogP contribution < -0.4 is 10.1 Å². The van der Waals surface area contributed by atoms with Gasteiger partial charge in [0, 0.05) is 31.7 Å². The second-order valence-electron chi connectivity index (χ2n) is 4.56. The average molecular weight is 287 g/mol. The van der Waals surface area contributed by atoms with Crippen LogP contribution in [-0.4, -0.2) is 43.1 Å². The zero-order chi connectivity index (χ0) is 13.8. The fraction of sp³-hybridized carbons (Fsp3) is 0.462. The topological polar surface area (TPSA) is 41.6 Å². The highest BCUT2D eigenvalue weighted by molar-refractivity contribution is 6.30. The van der Waals surface area contributed by atoms with Gasteiger partial charge in [0.25, 0.3) is 5.91 Å². The zero-order valence-corrected chi connectivity index (χ0v) is 11.4. The minimum Gasteiger partial charge on any atom is -0.484 e. The Morgan fingerprint density at radius 3 is 3.11 bits per heavy atom. The number of ether oxygens (including phenoxy) is 1. The summed E-state index contributed by atoms with van der Waals surface area (Å²) in [7, 11) is 0. The molecule has 2 rings (SSSR count). The third-order valence-corrected chi connectivity index (χ3v) is 3.26. The summed E-state index contributed by atoms with van der Waals surface area (Å²) < 4.78 is 18.3. The van der Waals surface area contributed by atoms with E-state index in [9.17, 15) is 9.18 Å². The van der Waals surface area contributed by atoms with Crippen molar-refractivity contribution in [2.45, 2.75) is 13.0 Å². The number of nitrogens with one attached hydrogen (secondary N) is 1. The molecule has 0 saturated carbocycles. The molecule has 1 aliphatic rings. The Bertz CT molecular complexity index is 470. The van der Waals surface area contributed by atoms with Gasteiger partial charge in [0.05, 0.1) is 5.02 Å². The van der Waals surface area contributed by atoms with Crippen molar-refractivity contribution in [2.75, 3.05) is 26.2 Å². The van der Waals surface area contributed by atoms with Crippen molar-refractivity contribution in [1.82, 2.24) is 10.2 Å². The van der Waals surface area contributed by atoms with Crippen molar-refractivity contribution >= 4 is 17.5 Å². The van der Waals surface area contributed by atoms with Crippen LogP contribution in [0.1, 0.15) is 6.92 Å². The maximum absolute atomic E-state index is 13.0. The lowest BCUT2D eigenvalue weighted by molar-refractivity contribution is -0.134. The van der Waals surface area contributed by atoms with E-state index in [1.807, 2.05) is 6.92 Å². The van der Waals surface area contributed by atoms with Gasteiger partial charge < -0.3 is 15.0 Å². The molecule has 6 heteroatoms. The molecule has 0 spiro atoms. The molecule has 4 nitrogen and oxygen atoms in total. The van der Waals surface area contributed by atoms with Crippen molar-refractivity contribution in [3.8, 4) is 5.75 Å². The van der Waals surface area contributed by atoms with E-state index >= 15 is 0 Å². The molecule has 1 amide bonds. The molecule has 1 aliphatic heterocycles. The molecule has 0 aromatic heterocycles. The Morgan fingerprint density at radius 2 is 2.42 bits per heavy atom. The lowest BCUT2D eigenvalue weighted by Crippen LogP contribution is -2.52. The van der Waals surface area contributed by atoms with E-state index in [2.05, 4.69) is 5.32 Å².